The van der Waals surface area contributed by atoms with Gasteiger partial charge in [0.25, 0.3) is 0 Å². The number of fused-ring (bicyclic) bond motifs is 1. The Balaban J connectivity index is 1.38. The van der Waals surface area contributed by atoms with E-state index < -0.39 is 0 Å². The maximum absolute atomic E-state index is 5.14. The van der Waals surface area contributed by atoms with Crippen LogP contribution in [0.1, 0.15) is 47.6 Å². The van der Waals surface area contributed by atoms with E-state index in [4.69, 9.17) is 10.1 Å². The molecule has 6 rings (SSSR count). The van der Waals surface area contributed by atoms with Crippen molar-refractivity contribution in [1.82, 2.24) is 4.98 Å². The first-order valence-electron chi connectivity index (χ1n) is 11.4. The standard InChI is InChI=1S/C28H25N3S/c1-3-10-21(11-4-1)26-19-32-28(29-26)31-27(22-12-5-2-6-13-22)18-25(30-31)24-16-15-20-9-7-8-14-23(20)17-24/h1-6,10-13,15-17,19,27H,7-9,14,18H2. The van der Waals surface area contributed by atoms with Gasteiger partial charge < -0.3 is 0 Å². The molecule has 0 bridgehead atoms. The number of thiazole rings is 1. The number of aromatic nitrogens is 1. The van der Waals surface area contributed by atoms with Gasteiger partial charge in [0, 0.05) is 17.4 Å². The van der Waals surface area contributed by atoms with E-state index in [0.717, 1.165) is 28.5 Å². The van der Waals surface area contributed by atoms with Crippen molar-refractivity contribution in [3.05, 3.63) is 106 Å². The lowest BCUT2D eigenvalue weighted by Crippen LogP contribution is -2.18. The number of anilines is 1. The molecular formula is C28H25N3S. The summed E-state index contributed by atoms with van der Waals surface area (Å²) < 4.78 is 0. The Kier molecular flexibility index (Phi) is 5.08. The predicted octanol–water partition coefficient (Wildman–Crippen LogP) is 7.04. The van der Waals surface area contributed by atoms with Crippen LogP contribution in [0.15, 0.2) is 89.3 Å². The van der Waals surface area contributed by atoms with Gasteiger partial charge in [0.1, 0.15) is 0 Å². The summed E-state index contributed by atoms with van der Waals surface area (Å²) >= 11 is 1.67. The van der Waals surface area contributed by atoms with Crippen LogP contribution in [0.3, 0.4) is 0 Å². The molecule has 3 nitrogen and oxygen atoms in total. The molecule has 0 spiro atoms. The van der Waals surface area contributed by atoms with Gasteiger partial charge >= 0.3 is 0 Å². The Morgan fingerprint density at radius 2 is 1.53 bits per heavy atom. The molecule has 3 aromatic carbocycles. The highest BCUT2D eigenvalue weighted by molar-refractivity contribution is 7.14. The molecule has 0 amide bonds. The molecule has 4 heteroatoms. The average Bonchev–Trinajstić information content (AvgIpc) is 3.53. The Morgan fingerprint density at radius 1 is 0.781 bits per heavy atom. The highest BCUT2D eigenvalue weighted by atomic mass is 32.1. The van der Waals surface area contributed by atoms with Crippen molar-refractivity contribution in [3.63, 3.8) is 0 Å². The molecule has 0 saturated heterocycles. The van der Waals surface area contributed by atoms with Gasteiger partial charge in [-0.3, -0.25) is 0 Å². The largest absolute Gasteiger partial charge is 0.231 e. The van der Waals surface area contributed by atoms with Gasteiger partial charge in [-0.05, 0) is 54.0 Å². The third-order valence-electron chi connectivity index (χ3n) is 6.53. The van der Waals surface area contributed by atoms with Gasteiger partial charge in [-0.2, -0.15) is 5.10 Å². The quantitative estimate of drug-likeness (QED) is 0.344. The smallest absolute Gasteiger partial charge is 0.207 e. The van der Waals surface area contributed by atoms with E-state index in [1.807, 2.05) is 6.07 Å². The molecule has 0 N–H and O–H groups in total. The van der Waals surface area contributed by atoms with Crippen LogP contribution in [-0.2, 0) is 12.8 Å². The molecule has 1 aromatic heterocycles. The van der Waals surface area contributed by atoms with E-state index in [-0.39, 0.29) is 6.04 Å². The Labute approximate surface area is 193 Å². The maximum Gasteiger partial charge on any atom is 0.207 e. The minimum absolute atomic E-state index is 0.164. The number of nitrogens with zero attached hydrogens (tertiary/aromatic N) is 3. The fourth-order valence-electron chi connectivity index (χ4n) is 4.82. The first-order valence-corrected chi connectivity index (χ1v) is 12.3. The molecule has 0 radical (unpaired) electrons. The van der Waals surface area contributed by atoms with Crippen molar-refractivity contribution in [2.45, 2.75) is 38.1 Å². The summed E-state index contributed by atoms with van der Waals surface area (Å²) in [5, 5.41) is 10.4. The fourth-order valence-corrected chi connectivity index (χ4v) is 5.65. The van der Waals surface area contributed by atoms with E-state index in [1.165, 1.54) is 47.9 Å². The topological polar surface area (TPSA) is 28.5 Å². The van der Waals surface area contributed by atoms with Gasteiger partial charge in [-0.25, -0.2) is 9.99 Å². The zero-order valence-electron chi connectivity index (χ0n) is 17.9. The second-order valence-electron chi connectivity index (χ2n) is 8.59. The zero-order valence-corrected chi connectivity index (χ0v) is 18.8. The van der Waals surface area contributed by atoms with Crippen LogP contribution in [0, 0.1) is 0 Å². The van der Waals surface area contributed by atoms with Crippen LogP contribution in [0.25, 0.3) is 11.3 Å². The second-order valence-corrected chi connectivity index (χ2v) is 9.43. The third-order valence-corrected chi connectivity index (χ3v) is 7.36. The van der Waals surface area contributed by atoms with Crippen molar-refractivity contribution in [2.75, 3.05) is 5.01 Å². The van der Waals surface area contributed by atoms with Crippen molar-refractivity contribution < 1.29 is 0 Å². The Bertz CT molecular complexity index is 1260. The minimum Gasteiger partial charge on any atom is -0.231 e. The van der Waals surface area contributed by atoms with Crippen LogP contribution in [-0.4, -0.2) is 10.7 Å². The average molecular weight is 436 g/mol. The summed E-state index contributed by atoms with van der Waals surface area (Å²) in [6, 6.07) is 28.2. The van der Waals surface area contributed by atoms with Crippen molar-refractivity contribution in [2.24, 2.45) is 5.10 Å². The van der Waals surface area contributed by atoms with E-state index >= 15 is 0 Å². The number of benzene rings is 3. The van der Waals surface area contributed by atoms with E-state index in [0.29, 0.717) is 0 Å². The number of rotatable bonds is 4. The third kappa shape index (κ3) is 3.65. The van der Waals surface area contributed by atoms with Gasteiger partial charge in [-0.1, -0.05) is 72.8 Å². The summed E-state index contributed by atoms with van der Waals surface area (Å²) in [6.07, 6.45) is 5.90. The maximum atomic E-state index is 5.14. The molecule has 2 heterocycles. The summed E-state index contributed by atoms with van der Waals surface area (Å²) in [7, 11) is 0. The number of hydrogen-bond acceptors (Lipinski definition) is 4. The lowest BCUT2D eigenvalue weighted by atomic mass is 9.89. The van der Waals surface area contributed by atoms with Crippen molar-refractivity contribution in [3.8, 4) is 11.3 Å². The van der Waals surface area contributed by atoms with Crippen LogP contribution in [0.4, 0.5) is 5.13 Å². The van der Waals surface area contributed by atoms with Gasteiger partial charge in [0.2, 0.25) is 5.13 Å². The van der Waals surface area contributed by atoms with Crippen LogP contribution < -0.4 is 5.01 Å². The number of hydrogen-bond donors (Lipinski definition) is 0. The fraction of sp³-hybridized carbons (Fsp3) is 0.214. The molecule has 158 valence electrons. The van der Waals surface area contributed by atoms with Gasteiger partial charge in [0.15, 0.2) is 0 Å². The SMILES string of the molecule is c1ccc(-c2csc(N3N=C(c4ccc5c(c4)CCCC5)CC3c3ccccc3)n2)cc1. The molecular weight excluding hydrogens is 410 g/mol. The molecule has 1 unspecified atom stereocenters. The lowest BCUT2D eigenvalue weighted by molar-refractivity contribution is 0.685. The van der Waals surface area contributed by atoms with Crippen LogP contribution in [0.2, 0.25) is 0 Å². The number of aryl methyl sites for hydroxylation is 2. The molecule has 1 aliphatic heterocycles. The predicted molar refractivity (Wildman–Crippen MR) is 133 cm³/mol. The summed E-state index contributed by atoms with van der Waals surface area (Å²) in [6.45, 7) is 0. The highest BCUT2D eigenvalue weighted by Gasteiger charge is 2.32. The molecule has 4 aromatic rings. The molecule has 0 saturated carbocycles. The monoisotopic (exact) mass is 435 g/mol. The van der Waals surface area contributed by atoms with E-state index in [9.17, 15) is 0 Å². The molecule has 32 heavy (non-hydrogen) atoms. The Hall–Kier alpha value is -3.24. The normalized spacial score (nSPS) is 17.8. The van der Waals surface area contributed by atoms with Crippen LogP contribution >= 0.6 is 11.3 Å². The van der Waals surface area contributed by atoms with Gasteiger partial charge in [0.05, 0.1) is 17.4 Å². The Morgan fingerprint density at radius 3 is 2.34 bits per heavy atom. The molecule has 1 atom stereocenters. The molecule has 2 aliphatic rings. The second kappa shape index (κ2) is 8.36. The van der Waals surface area contributed by atoms with E-state index in [1.54, 1.807) is 11.3 Å². The molecule has 1 aliphatic carbocycles. The summed E-state index contributed by atoms with van der Waals surface area (Å²) in [5.74, 6) is 0. The van der Waals surface area contributed by atoms with Crippen molar-refractivity contribution >= 4 is 22.2 Å². The summed E-state index contributed by atoms with van der Waals surface area (Å²) in [5.41, 5.74) is 8.87. The zero-order chi connectivity index (χ0) is 21.3. The minimum atomic E-state index is 0.164. The number of hydrazone groups is 1. The lowest BCUT2D eigenvalue weighted by Gasteiger charge is -2.21. The van der Waals surface area contributed by atoms with Crippen molar-refractivity contribution in [1.29, 1.82) is 0 Å². The highest BCUT2D eigenvalue weighted by Crippen LogP contribution is 2.39. The first-order chi connectivity index (χ1) is 15.8. The van der Waals surface area contributed by atoms with E-state index in [2.05, 4.69) is 83.2 Å². The molecule has 0 fully saturated rings. The summed E-state index contributed by atoms with van der Waals surface area (Å²) in [4.78, 5) is 4.97. The first kappa shape index (κ1) is 19.4. The van der Waals surface area contributed by atoms with Crippen LogP contribution in [0.5, 0.6) is 0 Å². The van der Waals surface area contributed by atoms with Gasteiger partial charge in [-0.15, -0.1) is 11.3 Å².